The van der Waals surface area contributed by atoms with Crippen molar-refractivity contribution >= 4 is 33.5 Å². The fourth-order valence-electron chi connectivity index (χ4n) is 1.49. The number of nitro groups is 2. The molecule has 0 aliphatic rings. The Balaban J connectivity index is 2.71. The number of nitrogens with zero attached hydrogens (tertiary/aromatic N) is 5. The molecule has 0 saturated carbocycles. The summed E-state index contributed by atoms with van der Waals surface area (Å²) < 4.78 is 0.614. The van der Waals surface area contributed by atoms with Gasteiger partial charge < -0.3 is 15.2 Å². The van der Waals surface area contributed by atoms with E-state index in [4.69, 9.17) is 5.11 Å². The molecule has 0 unspecified atom stereocenters. The van der Waals surface area contributed by atoms with Crippen LogP contribution in [0, 0.1) is 20.2 Å². The molecule has 0 aliphatic heterocycles. The molecule has 2 aromatic rings. The molecule has 1 aromatic carbocycles. The number of benzene rings is 1. The zero-order valence-electron chi connectivity index (χ0n) is 9.83. The van der Waals surface area contributed by atoms with Crippen molar-refractivity contribution in [1.82, 2.24) is 14.8 Å². The Morgan fingerprint density at radius 1 is 1.29 bits per heavy atom. The predicted octanol–water partition coefficient (Wildman–Crippen LogP) is 1.54. The standard InChI is InChI=1S/C9H4BrN5O6/c10-8-11-9(15(20)21)12-13(8)6-3-4(7(16)17)1-2-5(6)14(18)19/h1-3H,(H,16,17). The van der Waals surface area contributed by atoms with Crippen LogP contribution in [0.3, 0.4) is 0 Å². The minimum Gasteiger partial charge on any atom is -0.478 e. The Morgan fingerprint density at radius 3 is 2.43 bits per heavy atom. The molecule has 11 nitrogen and oxygen atoms in total. The molecule has 0 fully saturated rings. The van der Waals surface area contributed by atoms with E-state index in [1.165, 1.54) is 0 Å². The summed E-state index contributed by atoms with van der Waals surface area (Å²) in [5.74, 6) is -2.09. The first kappa shape index (κ1) is 14.5. The van der Waals surface area contributed by atoms with Crippen LogP contribution in [0.5, 0.6) is 0 Å². The lowest BCUT2D eigenvalue weighted by Gasteiger charge is -2.02. The van der Waals surface area contributed by atoms with Crippen LogP contribution in [-0.4, -0.2) is 35.7 Å². The van der Waals surface area contributed by atoms with Crippen LogP contribution < -0.4 is 0 Å². The first-order chi connectivity index (χ1) is 9.81. The van der Waals surface area contributed by atoms with Crippen molar-refractivity contribution in [3.63, 3.8) is 0 Å². The summed E-state index contributed by atoms with van der Waals surface area (Å²) in [5, 5.41) is 34.0. The Kier molecular flexibility index (Phi) is 3.62. The highest BCUT2D eigenvalue weighted by Gasteiger charge is 2.27. The molecule has 1 heterocycles. The molecule has 21 heavy (non-hydrogen) atoms. The first-order valence-electron chi connectivity index (χ1n) is 5.10. The van der Waals surface area contributed by atoms with Crippen molar-refractivity contribution in [3.8, 4) is 5.69 Å². The van der Waals surface area contributed by atoms with Gasteiger partial charge in [-0.05, 0) is 22.0 Å². The third kappa shape index (κ3) is 2.69. The minimum atomic E-state index is -1.31. The van der Waals surface area contributed by atoms with Gasteiger partial charge in [0.1, 0.15) is 0 Å². The van der Waals surface area contributed by atoms with Gasteiger partial charge in [0, 0.05) is 27.1 Å². The Bertz CT molecular complexity index is 772. The van der Waals surface area contributed by atoms with Gasteiger partial charge in [0.05, 0.1) is 10.5 Å². The molecular weight excluding hydrogens is 354 g/mol. The van der Waals surface area contributed by atoms with Crippen molar-refractivity contribution in [1.29, 1.82) is 0 Å². The fourth-order valence-corrected chi connectivity index (χ4v) is 1.92. The van der Waals surface area contributed by atoms with Gasteiger partial charge in [-0.15, -0.1) is 4.68 Å². The number of carbonyl (C=O) groups is 1. The Labute approximate surface area is 123 Å². The molecule has 0 aliphatic carbocycles. The number of carboxylic acids is 1. The third-order valence-electron chi connectivity index (χ3n) is 2.37. The summed E-state index contributed by atoms with van der Waals surface area (Å²) >= 11 is 2.88. The number of aromatic carboxylic acids is 1. The number of halogens is 1. The molecule has 0 spiro atoms. The Morgan fingerprint density at radius 2 is 1.95 bits per heavy atom. The molecule has 0 bridgehead atoms. The van der Waals surface area contributed by atoms with Crippen molar-refractivity contribution < 1.29 is 19.7 Å². The molecule has 108 valence electrons. The smallest absolute Gasteiger partial charge is 0.478 e. The largest absolute Gasteiger partial charge is 0.492 e. The molecule has 0 atom stereocenters. The van der Waals surface area contributed by atoms with Crippen LogP contribution in [0.15, 0.2) is 22.9 Å². The first-order valence-corrected chi connectivity index (χ1v) is 5.89. The molecule has 0 amide bonds. The lowest BCUT2D eigenvalue weighted by atomic mass is 10.2. The maximum Gasteiger partial charge on any atom is 0.492 e. The predicted molar refractivity (Wildman–Crippen MR) is 69.3 cm³/mol. The summed E-state index contributed by atoms with van der Waals surface area (Å²) in [6.07, 6.45) is 0. The van der Waals surface area contributed by atoms with Gasteiger partial charge in [0.15, 0.2) is 5.69 Å². The lowest BCUT2D eigenvalue weighted by molar-refractivity contribution is -0.394. The zero-order chi connectivity index (χ0) is 15.7. The average molecular weight is 358 g/mol. The summed E-state index contributed by atoms with van der Waals surface area (Å²) in [4.78, 5) is 34.3. The third-order valence-corrected chi connectivity index (χ3v) is 2.88. The average Bonchev–Trinajstić information content (AvgIpc) is 2.80. The number of hydrogen-bond donors (Lipinski definition) is 1. The van der Waals surface area contributed by atoms with Gasteiger partial charge in [-0.25, -0.2) is 4.79 Å². The van der Waals surface area contributed by atoms with Crippen LogP contribution in [0.1, 0.15) is 10.4 Å². The van der Waals surface area contributed by atoms with E-state index in [0.29, 0.717) is 0 Å². The number of nitro benzene ring substituents is 1. The Hall–Kier alpha value is -2.89. The second-order valence-electron chi connectivity index (χ2n) is 3.62. The normalized spacial score (nSPS) is 10.3. The van der Waals surface area contributed by atoms with Crippen LogP contribution >= 0.6 is 15.9 Å². The van der Waals surface area contributed by atoms with Crippen molar-refractivity contribution in [2.75, 3.05) is 0 Å². The highest BCUT2D eigenvalue weighted by atomic mass is 79.9. The maximum atomic E-state index is 11.0. The topological polar surface area (TPSA) is 154 Å². The lowest BCUT2D eigenvalue weighted by Crippen LogP contribution is -2.06. The molecule has 0 radical (unpaired) electrons. The van der Waals surface area contributed by atoms with E-state index in [1.54, 1.807) is 0 Å². The monoisotopic (exact) mass is 357 g/mol. The highest BCUT2D eigenvalue weighted by Crippen LogP contribution is 2.27. The highest BCUT2D eigenvalue weighted by molar-refractivity contribution is 9.10. The summed E-state index contributed by atoms with van der Waals surface area (Å²) in [6, 6.07) is 2.99. The van der Waals surface area contributed by atoms with Crippen LogP contribution in [-0.2, 0) is 0 Å². The van der Waals surface area contributed by atoms with Crippen molar-refractivity contribution in [3.05, 3.63) is 48.7 Å². The van der Waals surface area contributed by atoms with Gasteiger partial charge in [-0.2, -0.15) is 0 Å². The van der Waals surface area contributed by atoms with E-state index < -0.39 is 27.5 Å². The van der Waals surface area contributed by atoms with Crippen LogP contribution in [0.25, 0.3) is 5.69 Å². The van der Waals surface area contributed by atoms with Gasteiger partial charge in [-0.3, -0.25) is 10.1 Å². The van der Waals surface area contributed by atoms with Crippen molar-refractivity contribution in [2.24, 2.45) is 0 Å². The van der Waals surface area contributed by atoms with Gasteiger partial charge in [0.2, 0.25) is 0 Å². The summed E-state index contributed by atoms with van der Waals surface area (Å²) in [5.41, 5.74) is -0.964. The second-order valence-corrected chi connectivity index (χ2v) is 4.32. The van der Waals surface area contributed by atoms with Crippen molar-refractivity contribution in [2.45, 2.75) is 0 Å². The van der Waals surface area contributed by atoms with E-state index in [9.17, 15) is 25.0 Å². The quantitative estimate of drug-likeness (QED) is 0.637. The number of aromatic nitrogens is 3. The maximum absolute atomic E-state index is 11.0. The second kappa shape index (κ2) is 5.24. The van der Waals surface area contributed by atoms with Gasteiger partial charge >= 0.3 is 11.9 Å². The molecule has 12 heteroatoms. The number of hydrogen-bond acceptors (Lipinski definition) is 7. The number of carboxylic acid groups (broad SMARTS) is 1. The van der Waals surface area contributed by atoms with Gasteiger partial charge in [-0.1, -0.05) is 0 Å². The molecule has 2 rings (SSSR count). The SMILES string of the molecule is O=C(O)c1ccc([N+](=O)[O-])c(-n2nc([N+](=O)[O-])nc2Br)c1. The van der Waals surface area contributed by atoms with E-state index >= 15 is 0 Å². The van der Waals surface area contributed by atoms with E-state index in [1.807, 2.05) is 0 Å². The fraction of sp³-hybridized carbons (Fsp3) is 0. The summed E-state index contributed by atoms with van der Waals surface area (Å²) in [6.45, 7) is 0. The van der Waals surface area contributed by atoms with E-state index in [-0.39, 0.29) is 16.0 Å². The van der Waals surface area contributed by atoms with Crippen LogP contribution in [0.2, 0.25) is 0 Å². The van der Waals surface area contributed by atoms with Gasteiger partial charge in [0.25, 0.3) is 10.4 Å². The molecule has 1 N–H and O–H groups in total. The molecule has 0 saturated heterocycles. The molecular formula is C9H4BrN5O6. The van der Waals surface area contributed by atoms with E-state index in [2.05, 4.69) is 26.0 Å². The summed E-state index contributed by atoms with van der Waals surface area (Å²) in [7, 11) is 0. The van der Waals surface area contributed by atoms with Crippen LogP contribution in [0.4, 0.5) is 11.6 Å². The number of rotatable bonds is 4. The molecule has 1 aromatic heterocycles. The van der Waals surface area contributed by atoms with E-state index in [0.717, 1.165) is 22.9 Å². The zero-order valence-corrected chi connectivity index (χ0v) is 11.4. The minimum absolute atomic E-state index is 0.167.